The van der Waals surface area contributed by atoms with Crippen LogP contribution in [0.3, 0.4) is 0 Å². The highest BCUT2D eigenvalue weighted by molar-refractivity contribution is 5.85. The third-order valence-corrected chi connectivity index (χ3v) is 4.22. The lowest BCUT2D eigenvalue weighted by Crippen LogP contribution is -2.23. The number of hydrogen-bond acceptors (Lipinski definition) is 2. The van der Waals surface area contributed by atoms with E-state index < -0.39 is 0 Å². The molecule has 4 heteroatoms. The zero-order valence-electron chi connectivity index (χ0n) is 14.0. The van der Waals surface area contributed by atoms with Crippen molar-refractivity contribution in [1.29, 1.82) is 0 Å². The molecule has 0 bridgehead atoms. The van der Waals surface area contributed by atoms with E-state index in [1.165, 1.54) is 28.9 Å². The summed E-state index contributed by atoms with van der Waals surface area (Å²) in [6.07, 6.45) is 3.45. The van der Waals surface area contributed by atoms with Crippen molar-refractivity contribution in [2.24, 2.45) is 0 Å². The predicted octanol–water partition coefficient (Wildman–Crippen LogP) is 3.47. The van der Waals surface area contributed by atoms with Gasteiger partial charge >= 0.3 is 0 Å². The molecule has 0 saturated carbocycles. The van der Waals surface area contributed by atoms with Gasteiger partial charge in [0.05, 0.1) is 0 Å². The van der Waals surface area contributed by atoms with Gasteiger partial charge in [0, 0.05) is 17.9 Å². The van der Waals surface area contributed by atoms with Crippen LogP contribution >= 0.6 is 12.4 Å². The van der Waals surface area contributed by atoms with Crippen LogP contribution in [0.5, 0.6) is 0 Å². The van der Waals surface area contributed by atoms with Crippen LogP contribution in [0.2, 0.25) is 0 Å². The molecule has 23 heavy (non-hydrogen) atoms. The van der Waals surface area contributed by atoms with Gasteiger partial charge in [-0.2, -0.15) is 0 Å². The van der Waals surface area contributed by atoms with Gasteiger partial charge in [-0.1, -0.05) is 36.4 Å². The average Bonchev–Trinajstić information content (AvgIpc) is 2.65. The molecule has 3 rings (SSSR count). The monoisotopic (exact) mass is 334 g/mol. The third kappa shape index (κ3) is 4.47. The Morgan fingerprint density at radius 3 is 1.83 bits per heavy atom. The average molecular weight is 335 g/mol. The van der Waals surface area contributed by atoms with Crippen molar-refractivity contribution in [2.45, 2.75) is 19.3 Å². The normalized spacial score (nSPS) is 12.6. The largest absolute Gasteiger partial charge is 0.412 e. The minimum Gasteiger partial charge on any atom is -0.412 e. The second-order valence-electron chi connectivity index (χ2n) is 6.07. The molecule has 126 valence electrons. The molecule has 0 radical (unpaired) electrons. The summed E-state index contributed by atoms with van der Waals surface area (Å²) in [5.74, 6) is 0. The summed E-state index contributed by atoms with van der Waals surface area (Å²) in [7, 11) is 4.29. The fourth-order valence-electron chi connectivity index (χ4n) is 3.16. The van der Waals surface area contributed by atoms with Crippen LogP contribution in [0.15, 0.2) is 48.5 Å². The molecular formula is C19H27ClN2O. The Hall–Kier alpha value is -1.55. The lowest BCUT2D eigenvalue weighted by atomic mass is 10.0. The Morgan fingerprint density at radius 2 is 1.35 bits per heavy atom. The van der Waals surface area contributed by atoms with Gasteiger partial charge in [-0.3, -0.25) is 0 Å². The molecule has 2 aromatic carbocycles. The highest BCUT2D eigenvalue weighted by Crippen LogP contribution is 2.35. The van der Waals surface area contributed by atoms with Crippen LogP contribution < -0.4 is 4.90 Å². The summed E-state index contributed by atoms with van der Waals surface area (Å²) < 4.78 is 0. The van der Waals surface area contributed by atoms with Gasteiger partial charge in [-0.15, -0.1) is 12.4 Å². The maximum absolute atomic E-state index is 2.52. The molecule has 1 aliphatic heterocycles. The summed E-state index contributed by atoms with van der Waals surface area (Å²) >= 11 is 0. The number of para-hydroxylation sites is 2. The Bertz CT molecular complexity index is 568. The summed E-state index contributed by atoms with van der Waals surface area (Å²) in [5.41, 5.74) is 5.72. The number of rotatable bonds is 4. The van der Waals surface area contributed by atoms with Crippen molar-refractivity contribution < 1.29 is 5.48 Å². The van der Waals surface area contributed by atoms with E-state index in [4.69, 9.17) is 0 Å². The van der Waals surface area contributed by atoms with Crippen molar-refractivity contribution in [3.05, 3.63) is 59.7 Å². The lowest BCUT2D eigenvalue weighted by molar-refractivity contribution is 0.402. The van der Waals surface area contributed by atoms with Gasteiger partial charge in [0.1, 0.15) is 0 Å². The Labute approximate surface area is 145 Å². The maximum Gasteiger partial charge on any atom is 0.0443 e. The van der Waals surface area contributed by atoms with Crippen LogP contribution in [-0.4, -0.2) is 37.6 Å². The quantitative estimate of drug-likeness (QED) is 0.858. The van der Waals surface area contributed by atoms with E-state index >= 15 is 0 Å². The number of nitrogens with zero attached hydrogens (tertiary/aromatic N) is 2. The van der Waals surface area contributed by atoms with Crippen LogP contribution in [0, 0.1) is 0 Å². The van der Waals surface area contributed by atoms with E-state index in [9.17, 15) is 0 Å². The van der Waals surface area contributed by atoms with Gasteiger partial charge in [-0.05, 0) is 63.2 Å². The van der Waals surface area contributed by atoms with Crippen LogP contribution in [-0.2, 0) is 12.8 Å². The highest BCUT2D eigenvalue weighted by Gasteiger charge is 2.19. The molecule has 0 aliphatic carbocycles. The summed E-state index contributed by atoms with van der Waals surface area (Å²) in [5, 5.41) is 0. The SMILES string of the molecule is CN(C)CCCN1c2ccccc2CCc2ccccc21.Cl.O. The Balaban J connectivity index is 0.00000132. The predicted molar refractivity (Wildman–Crippen MR) is 101 cm³/mol. The minimum absolute atomic E-state index is 0. The van der Waals surface area contributed by atoms with Crippen molar-refractivity contribution in [3.63, 3.8) is 0 Å². The molecule has 0 unspecified atom stereocenters. The van der Waals surface area contributed by atoms with E-state index in [-0.39, 0.29) is 17.9 Å². The standard InChI is InChI=1S/C19H24N2.ClH.H2O/c1-20(2)14-7-15-21-18-10-5-3-8-16(18)12-13-17-9-4-6-11-19(17)21;;/h3-6,8-11H,7,12-15H2,1-2H3;1H;1H2. The molecule has 0 amide bonds. The Kier molecular flexibility index (Phi) is 7.56. The van der Waals surface area contributed by atoms with Crippen LogP contribution in [0.25, 0.3) is 0 Å². The molecule has 0 saturated heterocycles. The molecule has 1 aliphatic rings. The van der Waals surface area contributed by atoms with E-state index in [0.29, 0.717) is 0 Å². The molecule has 0 spiro atoms. The number of anilines is 2. The minimum atomic E-state index is 0. The van der Waals surface area contributed by atoms with Gasteiger partial charge in [0.15, 0.2) is 0 Å². The number of fused-ring (bicyclic) bond motifs is 2. The molecule has 3 nitrogen and oxygen atoms in total. The first-order chi connectivity index (χ1) is 10.3. The second-order valence-corrected chi connectivity index (χ2v) is 6.07. The van der Waals surface area contributed by atoms with Gasteiger partial charge in [0.25, 0.3) is 0 Å². The first-order valence-electron chi connectivity index (χ1n) is 7.84. The summed E-state index contributed by atoms with van der Waals surface area (Å²) in [6, 6.07) is 17.7. The smallest absolute Gasteiger partial charge is 0.0443 e. The highest BCUT2D eigenvalue weighted by atomic mass is 35.5. The van der Waals surface area contributed by atoms with E-state index in [2.05, 4.69) is 72.4 Å². The van der Waals surface area contributed by atoms with E-state index in [0.717, 1.165) is 25.9 Å². The topological polar surface area (TPSA) is 38.0 Å². The number of halogens is 1. The van der Waals surface area contributed by atoms with Crippen molar-refractivity contribution in [1.82, 2.24) is 4.90 Å². The van der Waals surface area contributed by atoms with Gasteiger partial charge in [0.2, 0.25) is 0 Å². The van der Waals surface area contributed by atoms with Gasteiger partial charge in [-0.25, -0.2) is 0 Å². The molecule has 0 aromatic heterocycles. The zero-order valence-corrected chi connectivity index (χ0v) is 14.8. The number of benzene rings is 2. The third-order valence-electron chi connectivity index (χ3n) is 4.22. The molecule has 1 heterocycles. The second kappa shape index (κ2) is 8.92. The lowest BCUT2D eigenvalue weighted by Gasteiger charge is -2.27. The van der Waals surface area contributed by atoms with E-state index in [1.807, 2.05) is 0 Å². The van der Waals surface area contributed by atoms with Crippen molar-refractivity contribution in [3.8, 4) is 0 Å². The fraction of sp³-hybridized carbons (Fsp3) is 0.368. The number of hydrogen-bond donors (Lipinski definition) is 0. The summed E-state index contributed by atoms with van der Waals surface area (Å²) in [4.78, 5) is 4.77. The molecule has 2 aromatic rings. The van der Waals surface area contributed by atoms with Crippen LogP contribution in [0.4, 0.5) is 11.4 Å². The van der Waals surface area contributed by atoms with Crippen LogP contribution in [0.1, 0.15) is 17.5 Å². The molecule has 0 fully saturated rings. The zero-order chi connectivity index (χ0) is 14.7. The first-order valence-corrected chi connectivity index (χ1v) is 7.84. The fourth-order valence-corrected chi connectivity index (χ4v) is 3.16. The van der Waals surface area contributed by atoms with Gasteiger partial charge < -0.3 is 15.3 Å². The van der Waals surface area contributed by atoms with Crippen molar-refractivity contribution >= 4 is 23.8 Å². The first kappa shape index (κ1) is 19.5. The van der Waals surface area contributed by atoms with Crippen molar-refractivity contribution in [2.75, 3.05) is 32.1 Å². The van der Waals surface area contributed by atoms with E-state index in [1.54, 1.807) is 0 Å². The Morgan fingerprint density at radius 1 is 0.870 bits per heavy atom. The molecular weight excluding hydrogens is 308 g/mol. The number of aryl methyl sites for hydroxylation is 2. The summed E-state index contributed by atoms with van der Waals surface area (Å²) in [6.45, 7) is 2.20. The molecule has 2 N–H and O–H groups in total. The maximum atomic E-state index is 2.52. The molecule has 0 atom stereocenters.